The first-order valence-electron chi connectivity index (χ1n) is 7.23. The van der Waals surface area contributed by atoms with Gasteiger partial charge in [-0.25, -0.2) is 0 Å². The molecular formula is C17H15NO6. The summed E-state index contributed by atoms with van der Waals surface area (Å²) in [6, 6.07) is 12.3. The zero-order chi connectivity index (χ0) is 17.1. The van der Waals surface area contributed by atoms with Crippen LogP contribution in [0.3, 0.4) is 0 Å². The molecule has 3 N–H and O–H groups in total. The Kier molecular flexibility index (Phi) is 4.45. The Balaban J connectivity index is 1.92. The summed E-state index contributed by atoms with van der Waals surface area (Å²) in [6.07, 6.45) is -2.16. The van der Waals surface area contributed by atoms with E-state index in [9.17, 15) is 9.59 Å². The molecule has 0 radical (unpaired) electrons. The second kappa shape index (κ2) is 6.69. The third-order valence-electron chi connectivity index (χ3n) is 3.47. The number of rotatable bonds is 5. The van der Waals surface area contributed by atoms with Crippen molar-refractivity contribution < 1.29 is 29.3 Å². The molecular weight excluding hydrogens is 314 g/mol. The first kappa shape index (κ1) is 16.0. The number of ether oxygens (including phenoxy) is 2. The Hall–Kier alpha value is -2.90. The van der Waals surface area contributed by atoms with Gasteiger partial charge < -0.3 is 25.0 Å². The number of benzene rings is 2. The minimum Gasteiger partial charge on any atom is -0.487 e. The summed E-state index contributed by atoms with van der Waals surface area (Å²) in [5, 5.41) is 20.8. The number of fused-ring (bicyclic) bond motifs is 1. The fourth-order valence-corrected chi connectivity index (χ4v) is 2.33. The van der Waals surface area contributed by atoms with Crippen molar-refractivity contribution in [1.82, 2.24) is 0 Å². The first-order chi connectivity index (χ1) is 11.6. The molecule has 0 aliphatic carbocycles. The van der Waals surface area contributed by atoms with Crippen LogP contribution in [-0.2, 0) is 11.4 Å². The number of aliphatic hydroxyl groups excluding tert-OH is 1. The summed E-state index contributed by atoms with van der Waals surface area (Å²) >= 11 is 0. The van der Waals surface area contributed by atoms with Crippen LogP contribution in [0.1, 0.15) is 15.9 Å². The molecule has 24 heavy (non-hydrogen) atoms. The van der Waals surface area contributed by atoms with E-state index in [-0.39, 0.29) is 36.1 Å². The Morgan fingerprint density at radius 1 is 1.21 bits per heavy atom. The highest BCUT2D eigenvalue weighted by Gasteiger charge is 2.28. The van der Waals surface area contributed by atoms with Gasteiger partial charge in [0.25, 0.3) is 5.91 Å². The number of anilines is 1. The average Bonchev–Trinajstić information content (AvgIpc) is 2.59. The van der Waals surface area contributed by atoms with Crippen LogP contribution in [-0.4, -0.2) is 34.8 Å². The summed E-state index contributed by atoms with van der Waals surface area (Å²) in [4.78, 5) is 23.4. The minimum atomic E-state index is -2.16. The summed E-state index contributed by atoms with van der Waals surface area (Å²) in [7, 11) is 0. The second-order valence-corrected chi connectivity index (χ2v) is 5.16. The van der Waals surface area contributed by atoms with Crippen molar-refractivity contribution >= 4 is 17.4 Å². The molecule has 1 amide bonds. The van der Waals surface area contributed by atoms with Crippen LogP contribution >= 0.6 is 0 Å². The summed E-state index contributed by atoms with van der Waals surface area (Å²) in [5.41, 5.74) is 1.10. The highest BCUT2D eigenvalue weighted by Crippen LogP contribution is 2.40. The van der Waals surface area contributed by atoms with Gasteiger partial charge in [0.15, 0.2) is 12.4 Å². The number of ketones is 1. The van der Waals surface area contributed by atoms with Crippen molar-refractivity contribution in [2.24, 2.45) is 0 Å². The predicted molar refractivity (Wildman–Crippen MR) is 83.9 cm³/mol. The monoisotopic (exact) mass is 329 g/mol. The maximum absolute atomic E-state index is 11.9. The van der Waals surface area contributed by atoms with E-state index < -0.39 is 12.1 Å². The molecule has 0 aromatic heterocycles. The van der Waals surface area contributed by atoms with Gasteiger partial charge in [-0.15, -0.1) is 0 Å². The van der Waals surface area contributed by atoms with Crippen LogP contribution < -0.4 is 14.8 Å². The Labute approximate surface area is 137 Å². The molecule has 7 nitrogen and oxygen atoms in total. The van der Waals surface area contributed by atoms with Crippen molar-refractivity contribution in [3.8, 4) is 11.5 Å². The van der Waals surface area contributed by atoms with Crippen molar-refractivity contribution in [3.05, 3.63) is 53.6 Å². The first-order valence-corrected chi connectivity index (χ1v) is 7.23. The lowest BCUT2D eigenvalue weighted by atomic mass is 10.1. The normalized spacial score (nSPS) is 13.0. The van der Waals surface area contributed by atoms with Crippen molar-refractivity contribution in [2.45, 2.75) is 12.9 Å². The van der Waals surface area contributed by atoms with Gasteiger partial charge in [0, 0.05) is 0 Å². The molecule has 7 heteroatoms. The molecule has 0 atom stereocenters. The number of aliphatic hydroxyl groups is 2. The van der Waals surface area contributed by atoms with Crippen LogP contribution in [0.4, 0.5) is 5.69 Å². The van der Waals surface area contributed by atoms with Gasteiger partial charge in [0.2, 0.25) is 12.1 Å². The van der Waals surface area contributed by atoms with E-state index in [1.165, 1.54) is 12.1 Å². The fraction of sp³-hybridized carbons (Fsp3) is 0.176. The Bertz CT molecular complexity index is 772. The largest absolute Gasteiger partial charge is 0.487 e. The summed E-state index contributed by atoms with van der Waals surface area (Å²) < 4.78 is 11.0. The van der Waals surface area contributed by atoms with E-state index in [0.717, 1.165) is 5.56 Å². The Morgan fingerprint density at radius 2 is 1.96 bits per heavy atom. The van der Waals surface area contributed by atoms with E-state index >= 15 is 0 Å². The molecule has 0 saturated carbocycles. The molecule has 0 unspecified atom stereocenters. The van der Waals surface area contributed by atoms with Crippen LogP contribution in [0.5, 0.6) is 11.5 Å². The molecule has 1 aliphatic heterocycles. The van der Waals surface area contributed by atoms with E-state index in [4.69, 9.17) is 19.7 Å². The highest BCUT2D eigenvalue weighted by molar-refractivity contribution is 6.06. The lowest BCUT2D eigenvalue weighted by Gasteiger charge is -2.23. The van der Waals surface area contributed by atoms with E-state index in [2.05, 4.69) is 5.32 Å². The lowest BCUT2D eigenvalue weighted by molar-refractivity contribution is -0.118. The molecule has 0 bridgehead atoms. The molecule has 2 aromatic rings. The Morgan fingerprint density at radius 3 is 2.67 bits per heavy atom. The quantitative estimate of drug-likeness (QED) is 0.560. The van der Waals surface area contributed by atoms with Crippen LogP contribution in [0, 0.1) is 0 Å². The zero-order valence-corrected chi connectivity index (χ0v) is 12.6. The van der Waals surface area contributed by atoms with Crippen LogP contribution in [0.2, 0.25) is 0 Å². The number of carbonyl (C=O) groups excluding carboxylic acids is 2. The van der Waals surface area contributed by atoms with Gasteiger partial charge >= 0.3 is 0 Å². The van der Waals surface area contributed by atoms with E-state index in [1.807, 2.05) is 30.3 Å². The third-order valence-corrected chi connectivity index (χ3v) is 3.47. The van der Waals surface area contributed by atoms with Crippen LogP contribution in [0.25, 0.3) is 0 Å². The smallest absolute Gasteiger partial charge is 0.262 e. The lowest BCUT2D eigenvalue weighted by Crippen LogP contribution is -2.28. The zero-order valence-electron chi connectivity index (χ0n) is 12.6. The average molecular weight is 329 g/mol. The number of hydrogen-bond acceptors (Lipinski definition) is 6. The highest BCUT2D eigenvalue weighted by atomic mass is 16.5. The molecule has 124 valence electrons. The van der Waals surface area contributed by atoms with Gasteiger partial charge in [-0.2, -0.15) is 0 Å². The van der Waals surface area contributed by atoms with E-state index in [1.54, 1.807) is 0 Å². The van der Waals surface area contributed by atoms with Gasteiger partial charge in [0.05, 0.1) is 5.56 Å². The molecule has 0 saturated heterocycles. The number of carbonyl (C=O) groups is 2. The molecule has 0 spiro atoms. The maximum Gasteiger partial charge on any atom is 0.262 e. The van der Waals surface area contributed by atoms with E-state index in [0.29, 0.717) is 5.75 Å². The molecule has 1 heterocycles. The number of nitrogens with one attached hydrogen (secondary N) is 1. The fourth-order valence-electron chi connectivity index (χ4n) is 2.33. The van der Waals surface area contributed by atoms with Crippen LogP contribution in [0.15, 0.2) is 42.5 Å². The summed E-state index contributed by atoms with van der Waals surface area (Å²) in [6.45, 7) is -0.00396. The van der Waals surface area contributed by atoms with Gasteiger partial charge in [-0.1, -0.05) is 30.3 Å². The molecule has 0 fully saturated rings. The summed E-state index contributed by atoms with van der Waals surface area (Å²) in [5.74, 6) is -0.914. The topological polar surface area (TPSA) is 105 Å². The molecule has 3 rings (SSSR count). The predicted octanol–water partition coefficient (Wildman–Crippen LogP) is 1.09. The number of hydrogen-bond donors (Lipinski definition) is 3. The van der Waals surface area contributed by atoms with Crippen molar-refractivity contribution in [3.63, 3.8) is 0 Å². The van der Waals surface area contributed by atoms with Gasteiger partial charge in [-0.05, 0) is 17.7 Å². The standard InChI is InChI=1S/C17H15NO6/c19-13-9-24-16-11(15(20)17(21)22)6-7-12(14(16)18-13)23-8-10-4-2-1-3-5-10/h1-7,17,21-22H,8-9H2,(H,18,19). The molecule has 1 aliphatic rings. The van der Waals surface area contributed by atoms with Gasteiger partial charge in [0.1, 0.15) is 18.0 Å². The number of Topliss-reactive ketones (excluding diaryl/α,β-unsaturated/α-hetero) is 1. The van der Waals surface area contributed by atoms with Gasteiger partial charge in [-0.3, -0.25) is 9.59 Å². The van der Waals surface area contributed by atoms with Crippen molar-refractivity contribution in [2.75, 3.05) is 11.9 Å². The second-order valence-electron chi connectivity index (χ2n) is 5.16. The minimum absolute atomic E-state index is 0.0351. The molecule has 2 aromatic carbocycles. The third kappa shape index (κ3) is 3.22. The number of amides is 1. The maximum atomic E-state index is 11.9. The van der Waals surface area contributed by atoms with Crippen molar-refractivity contribution in [1.29, 1.82) is 0 Å². The SMILES string of the molecule is O=C1COc2c(C(=O)C(O)O)ccc(OCc3ccccc3)c2N1.